The van der Waals surface area contributed by atoms with Gasteiger partial charge in [0.25, 0.3) is 0 Å². The van der Waals surface area contributed by atoms with Gasteiger partial charge in [-0.3, -0.25) is 4.79 Å². The molecule has 22 heavy (non-hydrogen) atoms. The molecule has 2 rings (SSSR count). The minimum atomic E-state index is -0.0384. The molecule has 0 spiro atoms. The van der Waals surface area contributed by atoms with Gasteiger partial charge in [0.15, 0.2) is 0 Å². The highest BCUT2D eigenvalue weighted by Crippen LogP contribution is 2.29. The number of nitrogens with two attached hydrogens (primary N) is 1. The predicted molar refractivity (Wildman–Crippen MR) is 90.2 cm³/mol. The molecule has 1 amide bonds. The first-order valence-corrected chi connectivity index (χ1v) is 8.11. The summed E-state index contributed by atoms with van der Waals surface area (Å²) in [6, 6.07) is 5.40. The lowest BCUT2D eigenvalue weighted by molar-refractivity contribution is -0.120. The number of thiazole rings is 1. The molecular weight excluding hydrogens is 322 g/mol. The van der Waals surface area contributed by atoms with Crippen molar-refractivity contribution in [3.63, 3.8) is 0 Å². The maximum Gasteiger partial charge on any atom is 0.226 e. The Morgan fingerprint density at radius 2 is 2.32 bits per heavy atom. The number of carbonyl (C=O) groups excluding carboxylic acids is 1. The third kappa shape index (κ3) is 4.69. The summed E-state index contributed by atoms with van der Waals surface area (Å²) >= 11 is 7.39. The Morgan fingerprint density at radius 1 is 1.50 bits per heavy atom. The van der Waals surface area contributed by atoms with Crippen LogP contribution in [-0.4, -0.2) is 31.2 Å². The third-order valence-corrected chi connectivity index (χ3v) is 4.27. The monoisotopic (exact) mass is 339 g/mol. The topological polar surface area (TPSA) is 77.2 Å². The van der Waals surface area contributed by atoms with Crippen molar-refractivity contribution < 1.29 is 9.53 Å². The molecule has 1 aromatic carbocycles. The van der Waals surface area contributed by atoms with E-state index in [1.165, 1.54) is 11.3 Å². The van der Waals surface area contributed by atoms with Crippen LogP contribution in [0.1, 0.15) is 12.1 Å². The number of hydrogen-bond donors (Lipinski definition) is 2. The van der Waals surface area contributed by atoms with E-state index in [0.29, 0.717) is 23.9 Å². The van der Waals surface area contributed by atoms with E-state index in [-0.39, 0.29) is 12.3 Å². The molecule has 0 atom stereocenters. The number of amides is 1. The van der Waals surface area contributed by atoms with Crippen molar-refractivity contribution in [3.05, 3.63) is 34.3 Å². The van der Waals surface area contributed by atoms with Crippen LogP contribution in [0.5, 0.6) is 0 Å². The van der Waals surface area contributed by atoms with E-state index in [4.69, 9.17) is 22.1 Å². The van der Waals surface area contributed by atoms with Crippen molar-refractivity contribution in [2.45, 2.75) is 12.8 Å². The second kappa shape index (κ2) is 8.12. The van der Waals surface area contributed by atoms with E-state index in [1.807, 2.05) is 11.4 Å². The van der Waals surface area contributed by atoms with Gasteiger partial charge >= 0.3 is 0 Å². The van der Waals surface area contributed by atoms with Gasteiger partial charge in [0.05, 0.1) is 22.8 Å². The van der Waals surface area contributed by atoms with E-state index < -0.39 is 0 Å². The molecule has 0 radical (unpaired) electrons. The van der Waals surface area contributed by atoms with Crippen LogP contribution >= 0.6 is 22.9 Å². The third-order valence-electron chi connectivity index (χ3n) is 2.98. The summed E-state index contributed by atoms with van der Waals surface area (Å²) in [5.41, 5.74) is 7.97. The van der Waals surface area contributed by atoms with E-state index in [0.717, 1.165) is 22.7 Å². The molecule has 0 unspecified atom stereocenters. The molecule has 0 aliphatic carbocycles. The average molecular weight is 340 g/mol. The van der Waals surface area contributed by atoms with Crippen LogP contribution in [0.3, 0.4) is 0 Å². The van der Waals surface area contributed by atoms with Gasteiger partial charge in [-0.15, -0.1) is 11.3 Å². The summed E-state index contributed by atoms with van der Waals surface area (Å²) < 4.78 is 4.93. The van der Waals surface area contributed by atoms with Gasteiger partial charge in [0.1, 0.15) is 5.01 Å². The summed E-state index contributed by atoms with van der Waals surface area (Å²) in [6.07, 6.45) is 1.07. The fraction of sp³-hybridized carbons (Fsp3) is 0.333. The summed E-state index contributed by atoms with van der Waals surface area (Å²) in [6.45, 7) is 1.25. The molecule has 0 fully saturated rings. The zero-order chi connectivity index (χ0) is 15.9. The number of hydrogen-bond acceptors (Lipinski definition) is 5. The number of nitrogens with one attached hydrogen (secondary N) is 1. The highest BCUT2D eigenvalue weighted by atomic mass is 35.5. The van der Waals surface area contributed by atoms with Crippen LogP contribution < -0.4 is 11.1 Å². The van der Waals surface area contributed by atoms with Crippen LogP contribution in [0.4, 0.5) is 5.69 Å². The van der Waals surface area contributed by atoms with Gasteiger partial charge in [-0.05, 0) is 18.6 Å². The first-order chi connectivity index (χ1) is 10.6. The molecule has 3 N–H and O–H groups in total. The largest absolute Gasteiger partial charge is 0.398 e. The Labute approximate surface area is 138 Å². The molecule has 0 aliphatic rings. The van der Waals surface area contributed by atoms with Gasteiger partial charge in [-0.25, -0.2) is 4.98 Å². The molecule has 118 valence electrons. The van der Waals surface area contributed by atoms with Gasteiger partial charge in [0, 0.05) is 31.2 Å². The Kier molecular flexibility index (Phi) is 6.18. The maximum atomic E-state index is 11.8. The number of methoxy groups -OCH3 is 1. The van der Waals surface area contributed by atoms with E-state index in [9.17, 15) is 4.79 Å². The first-order valence-electron chi connectivity index (χ1n) is 6.85. The Morgan fingerprint density at radius 3 is 3.05 bits per heavy atom. The van der Waals surface area contributed by atoms with Gasteiger partial charge in [0.2, 0.25) is 5.91 Å². The van der Waals surface area contributed by atoms with Crippen LogP contribution in [0, 0.1) is 0 Å². The minimum absolute atomic E-state index is 0.0384. The number of anilines is 1. The summed E-state index contributed by atoms with van der Waals surface area (Å²) in [5, 5.41) is 6.07. The number of rotatable bonds is 7. The molecule has 0 bridgehead atoms. The van der Waals surface area contributed by atoms with Crippen molar-refractivity contribution in [1.82, 2.24) is 10.3 Å². The number of benzene rings is 1. The number of ether oxygens (including phenoxy) is 1. The lowest BCUT2D eigenvalue weighted by Crippen LogP contribution is -2.26. The van der Waals surface area contributed by atoms with Crippen LogP contribution in [0.25, 0.3) is 10.6 Å². The van der Waals surface area contributed by atoms with Gasteiger partial charge in [-0.2, -0.15) is 0 Å². The fourth-order valence-electron chi connectivity index (χ4n) is 1.87. The average Bonchev–Trinajstić information content (AvgIpc) is 2.95. The molecule has 0 saturated carbocycles. The zero-order valence-electron chi connectivity index (χ0n) is 12.3. The smallest absolute Gasteiger partial charge is 0.226 e. The molecule has 2 aromatic rings. The second-order valence-electron chi connectivity index (χ2n) is 4.75. The summed E-state index contributed by atoms with van der Waals surface area (Å²) in [4.78, 5) is 16.3. The van der Waals surface area contributed by atoms with Crippen molar-refractivity contribution in [1.29, 1.82) is 0 Å². The first kappa shape index (κ1) is 16.7. The normalized spacial score (nSPS) is 10.6. The van der Waals surface area contributed by atoms with Crippen molar-refractivity contribution >= 4 is 34.5 Å². The zero-order valence-corrected chi connectivity index (χ0v) is 13.8. The number of nitrogens with zero attached hydrogens (tertiary/aromatic N) is 1. The quantitative estimate of drug-likeness (QED) is 0.600. The van der Waals surface area contributed by atoms with Crippen molar-refractivity contribution in [2.24, 2.45) is 0 Å². The van der Waals surface area contributed by atoms with Crippen molar-refractivity contribution in [3.8, 4) is 10.6 Å². The Balaban J connectivity index is 1.93. The number of aromatic nitrogens is 1. The minimum Gasteiger partial charge on any atom is -0.398 e. The maximum absolute atomic E-state index is 11.8. The SMILES string of the molecule is COCCCNC(=O)Cc1csc(-c2ccc(Cl)c(N)c2)n1. The van der Waals surface area contributed by atoms with Gasteiger partial charge in [-0.1, -0.05) is 17.7 Å². The molecule has 0 saturated heterocycles. The second-order valence-corrected chi connectivity index (χ2v) is 6.02. The summed E-state index contributed by atoms with van der Waals surface area (Å²) in [7, 11) is 1.64. The fourth-order valence-corrected chi connectivity index (χ4v) is 2.80. The molecule has 1 heterocycles. The highest BCUT2D eigenvalue weighted by Gasteiger charge is 2.09. The van der Waals surface area contributed by atoms with Crippen LogP contribution in [-0.2, 0) is 16.0 Å². The lowest BCUT2D eigenvalue weighted by atomic mass is 10.2. The van der Waals surface area contributed by atoms with E-state index >= 15 is 0 Å². The predicted octanol–water partition coefficient (Wildman–Crippen LogP) is 2.74. The molecular formula is C15H18ClN3O2S. The number of nitrogen functional groups attached to an aromatic ring is 1. The Bertz CT molecular complexity index is 645. The Hall–Kier alpha value is -1.63. The van der Waals surface area contributed by atoms with Crippen LogP contribution in [0.15, 0.2) is 23.6 Å². The standard InChI is InChI=1S/C15H18ClN3O2S/c1-21-6-2-5-18-14(20)8-11-9-22-15(19-11)10-3-4-12(16)13(17)7-10/h3-4,7,9H,2,5-6,8,17H2,1H3,(H,18,20). The number of carbonyl (C=O) groups is 1. The molecule has 5 nitrogen and oxygen atoms in total. The van der Waals surface area contributed by atoms with Crippen molar-refractivity contribution in [2.75, 3.05) is 26.0 Å². The van der Waals surface area contributed by atoms with E-state index in [2.05, 4.69) is 10.3 Å². The molecule has 7 heteroatoms. The lowest BCUT2D eigenvalue weighted by Gasteiger charge is -2.03. The number of halogens is 1. The van der Waals surface area contributed by atoms with E-state index in [1.54, 1.807) is 19.2 Å². The van der Waals surface area contributed by atoms with Gasteiger partial charge < -0.3 is 15.8 Å². The molecule has 1 aromatic heterocycles. The molecule has 0 aliphatic heterocycles. The van der Waals surface area contributed by atoms with Crippen LogP contribution in [0.2, 0.25) is 5.02 Å². The summed E-state index contributed by atoms with van der Waals surface area (Å²) in [5.74, 6) is -0.0384. The highest BCUT2D eigenvalue weighted by molar-refractivity contribution is 7.13.